The van der Waals surface area contributed by atoms with Gasteiger partial charge in [-0.15, -0.1) is 11.8 Å². The number of aliphatic hydroxyl groups excluding tert-OH is 1. The Morgan fingerprint density at radius 2 is 1.69 bits per heavy atom. The standard InChI is InChI=1S/C37H59N3O4S/c1-24-13-15-37-16-14-30(41)33(37)36(24,4)31(44-32(42)22-45-21-29-11-7-27(19-39)8-12-29)17-35(3,34(43)25(37)2)23-40-20-28-9-5-26(18-38)6-10-28/h5-6,9-10,24-25,27,29,31,33-34,40,43H,7-8,11-23,38-39H2,1-4H3/t24-,25+,27?,29?,31-,33+,34+,35-,36+,37+/m1/s1. The molecule has 252 valence electrons. The molecule has 4 aliphatic rings. The van der Waals surface area contributed by atoms with Crippen molar-refractivity contribution < 1.29 is 19.4 Å². The van der Waals surface area contributed by atoms with Gasteiger partial charge in [-0.2, -0.15) is 0 Å². The Bertz CT molecular complexity index is 1170. The number of thioether (sulfide) groups is 1. The average molecular weight is 642 g/mol. The number of nitrogens with two attached hydrogens (primary N) is 2. The molecular formula is C37H59N3O4S. The third-order valence-electron chi connectivity index (χ3n) is 13.2. The van der Waals surface area contributed by atoms with Gasteiger partial charge in [0, 0.05) is 42.8 Å². The molecule has 8 heteroatoms. The molecule has 8 atom stereocenters. The molecule has 5 rings (SSSR count). The summed E-state index contributed by atoms with van der Waals surface area (Å²) < 4.78 is 6.55. The van der Waals surface area contributed by atoms with E-state index >= 15 is 0 Å². The monoisotopic (exact) mass is 641 g/mol. The Labute approximate surface area is 275 Å². The summed E-state index contributed by atoms with van der Waals surface area (Å²) in [7, 11) is 0. The van der Waals surface area contributed by atoms with Crippen molar-refractivity contribution in [3.8, 4) is 0 Å². The first kappa shape index (κ1) is 34.9. The SMILES string of the molecule is C[C@@H]1CC[C@@]23CCC(=O)[C@H]2[C@]1(C)[C@H](OC(=O)CSCC1CCC(CN)CC1)C[C@](C)(CNCc1ccc(CN)cc1)[C@@H](O)[C@@H]3C. The Kier molecular flexibility index (Phi) is 11.1. The zero-order valence-electron chi connectivity index (χ0n) is 28.2. The summed E-state index contributed by atoms with van der Waals surface area (Å²) in [6, 6.07) is 8.32. The van der Waals surface area contributed by atoms with Gasteiger partial charge in [-0.1, -0.05) is 52.0 Å². The molecular weight excluding hydrogens is 582 g/mol. The lowest BCUT2D eigenvalue weighted by atomic mass is 9.44. The van der Waals surface area contributed by atoms with Gasteiger partial charge < -0.3 is 26.6 Å². The number of benzene rings is 1. The van der Waals surface area contributed by atoms with Crippen LogP contribution in [0.2, 0.25) is 0 Å². The number of aliphatic hydroxyl groups is 1. The highest BCUT2D eigenvalue weighted by atomic mass is 32.2. The largest absolute Gasteiger partial charge is 0.461 e. The quantitative estimate of drug-likeness (QED) is 0.235. The predicted molar refractivity (Wildman–Crippen MR) is 182 cm³/mol. The van der Waals surface area contributed by atoms with E-state index in [1.165, 1.54) is 25.7 Å². The second kappa shape index (κ2) is 14.3. The van der Waals surface area contributed by atoms with Gasteiger partial charge in [0.05, 0.1) is 11.9 Å². The second-order valence-electron chi connectivity index (χ2n) is 15.8. The minimum absolute atomic E-state index is 0.0296. The first-order valence-corrected chi connectivity index (χ1v) is 18.8. The van der Waals surface area contributed by atoms with Crippen molar-refractivity contribution in [1.82, 2.24) is 5.32 Å². The first-order chi connectivity index (χ1) is 21.5. The molecule has 1 aromatic carbocycles. The van der Waals surface area contributed by atoms with Crippen LogP contribution in [0, 0.1) is 45.8 Å². The molecule has 0 amide bonds. The fraction of sp³-hybridized carbons (Fsp3) is 0.784. The lowest BCUT2D eigenvalue weighted by Crippen LogP contribution is -2.64. The zero-order valence-corrected chi connectivity index (χ0v) is 29.0. The van der Waals surface area contributed by atoms with Crippen molar-refractivity contribution in [3.05, 3.63) is 35.4 Å². The van der Waals surface area contributed by atoms with Gasteiger partial charge in [0.1, 0.15) is 11.9 Å². The van der Waals surface area contributed by atoms with E-state index in [-0.39, 0.29) is 29.1 Å². The Morgan fingerprint density at radius 1 is 1.02 bits per heavy atom. The van der Waals surface area contributed by atoms with E-state index in [0.717, 1.165) is 42.7 Å². The van der Waals surface area contributed by atoms with Gasteiger partial charge in [0.25, 0.3) is 0 Å². The van der Waals surface area contributed by atoms with Crippen LogP contribution in [0.1, 0.15) is 96.6 Å². The summed E-state index contributed by atoms with van der Waals surface area (Å²) in [4.78, 5) is 27.4. The fourth-order valence-corrected chi connectivity index (χ4v) is 11.0. The van der Waals surface area contributed by atoms with Gasteiger partial charge in [-0.05, 0) is 104 Å². The molecule has 45 heavy (non-hydrogen) atoms. The molecule has 0 aliphatic heterocycles. The summed E-state index contributed by atoms with van der Waals surface area (Å²) >= 11 is 1.69. The van der Waals surface area contributed by atoms with Crippen LogP contribution in [-0.2, 0) is 27.4 Å². The topological polar surface area (TPSA) is 128 Å². The van der Waals surface area contributed by atoms with Gasteiger partial charge in [-0.25, -0.2) is 0 Å². The molecule has 0 unspecified atom stereocenters. The molecule has 2 bridgehead atoms. The normalized spacial score (nSPS) is 40.0. The molecule has 6 N–H and O–H groups in total. The second-order valence-corrected chi connectivity index (χ2v) is 16.8. The van der Waals surface area contributed by atoms with Crippen molar-refractivity contribution in [3.63, 3.8) is 0 Å². The number of ketones is 1. The molecule has 0 radical (unpaired) electrons. The van der Waals surface area contributed by atoms with Crippen LogP contribution < -0.4 is 16.8 Å². The highest BCUT2D eigenvalue weighted by Gasteiger charge is 2.68. The lowest BCUT2D eigenvalue weighted by molar-refractivity contribution is -0.210. The average Bonchev–Trinajstić information content (AvgIpc) is 3.40. The maximum atomic E-state index is 13.8. The van der Waals surface area contributed by atoms with E-state index in [1.54, 1.807) is 11.8 Å². The molecule has 0 aromatic heterocycles. The van der Waals surface area contributed by atoms with Crippen molar-refractivity contribution in [1.29, 1.82) is 0 Å². The number of carbonyl (C=O) groups is 2. The molecule has 0 heterocycles. The van der Waals surface area contributed by atoms with E-state index in [1.807, 2.05) is 0 Å². The van der Waals surface area contributed by atoms with Crippen LogP contribution in [0.15, 0.2) is 24.3 Å². The molecule has 7 nitrogen and oxygen atoms in total. The van der Waals surface area contributed by atoms with Crippen LogP contribution in [0.3, 0.4) is 0 Å². The highest BCUT2D eigenvalue weighted by molar-refractivity contribution is 7.99. The third kappa shape index (κ3) is 6.92. The molecule has 4 saturated carbocycles. The smallest absolute Gasteiger partial charge is 0.316 e. The number of hydrogen-bond acceptors (Lipinski definition) is 8. The van der Waals surface area contributed by atoms with Crippen LogP contribution in [0.25, 0.3) is 0 Å². The summed E-state index contributed by atoms with van der Waals surface area (Å²) in [5.74, 6) is 2.71. The van der Waals surface area contributed by atoms with Crippen molar-refractivity contribution in [2.24, 2.45) is 57.3 Å². The third-order valence-corrected chi connectivity index (χ3v) is 14.3. The number of esters is 1. The maximum absolute atomic E-state index is 13.8. The first-order valence-electron chi connectivity index (χ1n) is 17.6. The van der Waals surface area contributed by atoms with E-state index in [0.29, 0.717) is 55.8 Å². The van der Waals surface area contributed by atoms with Crippen LogP contribution in [0.4, 0.5) is 0 Å². The summed E-state index contributed by atoms with van der Waals surface area (Å²) in [5, 5.41) is 15.9. The number of carbonyl (C=O) groups excluding carboxylic acids is 2. The molecule has 0 spiro atoms. The van der Waals surface area contributed by atoms with Gasteiger partial charge >= 0.3 is 5.97 Å². The number of hydrogen-bond donors (Lipinski definition) is 4. The summed E-state index contributed by atoms with van der Waals surface area (Å²) in [6.45, 7) is 11.4. The Balaban J connectivity index is 1.35. The Hall–Kier alpha value is -1.45. The minimum Gasteiger partial charge on any atom is -0.461 e. The zero-order chi connectivity index (χ0) is 32.4. The molecule has 0 saturated heterocycles. The number of ether oxygens (including phenoxy) is 1. The van der Waals surface area contributed by atoms with Crippen LogP contribution in [-0.4, -0.2) is 53.7 Å². The van der Waals surface area contributed by atoms with E-state index in [2.05, 4.69) is 57.3 Å². The minimum atomic E-state index is -0.629. The number of nitrogens with one attached hydrogen (secondary N) is 1. The van der Waals surface area contributed by atoms with Crippen molar-refractivity contribution in [2.45, 2.75) is 111 Å². The number of rotatable bonds is 11. The Morgan fingerprint density at radius 3 is 2.36 bits per heavy atom. The van der Waals surface area contributed by atoms with E-state index in [9.17, 15) is 14.7 Å². The van der Waals surface area contributed by atoms with Gasteiger partial charge in [-0.3, -0.25) is 9.59 Å². The van der Waals surface area contributed by atoms with Crippen LogP contribution >= 0.6 is 11.8 Å². The molecule has 4 fully saturated rings. The predicted octanol–water partition coefficient (Wildman–Crippen LogP) is 5.45. The molecule has 4 aliphatic carbocycles. The van der Waals surface area contributed by atoms with Crippen molar-refractivity contribution >= 4 is 23.5 Å². The van der Waals surface area contributed by atoms with E-state index < -0.39 is 23.0 Å². The fourth-order valence-electron chi connectivity index (χ4n) is 9.95. The molecule has 1 aromatic rings. The lowest BCUT2D eigenvalue weighted by Gasteiger charge is -2.62. The summed E-state index contributed by atoms with van der Waals surface area (Å²) in [5.41, 5.74) is 12.7. The van der Waals surface area contributed by atoms with Crippen molar-refractivity contribution in [2.75, 3.05) is 24.6 Å². The van der Waals surface area contributed by atoms with Gasteiger partial charge in [0.2, 0.25) is 0 Å². The summed E-state index contributed by atoms with van der Waals surface area (Å²) in [6.07, 6.45) is 7.51. The van der Waals surface area contributed by atoms with Crippen LogP contribution in [0.5, 0.6) is 0 Å². The highest BCUT2D eigenvalue weighted by Crippen LogP contribution is 2.67. The number of Topliss-reactive ketones (excluding diaryl/α,β-unsaturated/α-hetero) is 1. The maximum Gasteiger partial charge on any atom is 0.316 e. The van der Waals surface area contributed by atoms with Gasteiger partial charge in [0.15, 0.2) is 0 Å². The van der Waals surface area contributed by atoms with E-state index in [4.69, 9.17) is 16.2 Å².